The third-order valence-corrected chi connectivity index (χ3v) is 4.33. The first-order valence-electron chi connectivity index (χ1n) is 7.63. The Hall–Kier alpha value is -1.32. The van der Waals surface area contributed by atoms with Gasteiger partial charge in [-0.25, -0.2) is 4.68 Å². The van der Waals surface area contributed by atoms with E-state index in [0.29, 0.717) is 24.4 Å². The molecule has 2 atom stereocenters. The highest BCUT2D eigenvalue weighted by Gasteiger charge is 2.37. The minimum Gasteiger partial charge on any atom is -0.468 e. The third-order valence-electron chi connectivity index (χ3n) is 4.33. The minimum absolute atomic E-state index is 0.139. The van der Waals surface area contributed by atoms with E-state index in [1.807, 2.05) is 0 Å². The minimum atomic E-state index is -4.37. The lowest BCUT2D eigenvalue weighted by atomic mass is 10.1. The number of aryl methyl sites for hydroxylation is 2. The maximum absolute atomic E-state index is 12.5. The van der Waals surface area contributed by atoms with Gasteiger partial charge in [0.1, 0.15) is 0 Å². The fraction of sp³-hybridized carbons (Fsp3) is 0.786. The molecule has 2 aliphatic heterocycles. The van der Waals surface area contributed by atoms with Crippen molar-refractivity contribution < 1.29 is 22.6 Å². The molecule has 130 valence electrons. The number of hydrogen-bond donors (Lipinski definition) is 1. The molecular weight excluding hydrogens is 313 g/mol. The Balaban J connectivity index is 1.76. The zero-order chi connectivity index (χ0) is 16.6. The van der Waals surface area contributed by atoms with Crippen molar-refractivity contribution in [3.8, 4) is 5.88 Å². The quantitative estimate of drug-likeness (QED) is 0.884. The zero-order valence-electron chi connectivity index (χ0n) is 13.2. The molecule has 3 rings (SSSR count). The number of halogens is 3. The first-order valence-corrected chi connectivity index (χ1v) is 7.63. The lowest BCUT2D eigenvalue weighted by Crippen LogP contribution is -2.50. The Labute approximate surface area is 132 Å². The van der Waals surface area contributed by atoms with E-state index in [2.05, 4.69) is 15.3 Å². The molecule has 1 N–H and O–H groups in total. The summed E-state index contributed by atoms with van der Waals surface area (Å²) in [4.78, 5) is 2.23. The van der Waals surface area contributed by atoms with E-state index < -0.39 is 12.8 Å². The highest BCUT2D eigenvalue weighted by Crippen LogP contribution is 2.28. The molecule has 1 aromatic heterocycles. The van der Waals surface area contributed by atoms with Crippen molar-refractivity contribution in [3.05, 3.63) is 11.3 Å². The van der Waals surface area contributed by atoms with E-state index in [9.17, 15) is 13.2 Å². The molecule has 0 radical (unpaired) electrons. The van der Waals surface area contributed by atoms with Crippen LogP contribution in [-0.2, 0) is 18.3 Å². The Kier molecular flexibility index (Phi) is 4.52. The van der Waals surface area contributed by atoms with Gasteiger partial charge in [-0.05, 0) is 6.92 Å². The number of alkyl halides is 3. The second-order valence-corrected chi connectivity index (χ2v) is 6.00. The number of nitrogens with zero attached hydrogens (tertiary/aromatic N) is 3. The smallest absolute Gasteiger partial charge is 0.422 e. The van der Waals surface area contributed by atoms with Crippen LogP contribution >= 0.6 is 0 Å². The van der Waals surface area contributed by atoms with Crippen LogP contribution < -0.4 is 10.1 Å². The normalized spacial score (nSPS) is 25.6. The van der Waals surface area contributed by atoms with E-state index in [-0.39, 0.29) is 18.0 Å². The van der Waals surface area contributed by atoms with Crippen LogP contribution in [0.3, 0.4) is 0 Å². The van der Waals surface area contributed by atoms with Crippen LogP contribution in [0, 0.1) is 6.92 Å². The number of hydrogen-bond acceptors (Lipinski definition) is 5. The molecule has 6 nitrogen and oxygen atoms in total. The van der Waals surface area contributed by atoms with Crippen LogP contribution in [-0.4, -0.2) is 65.9 Å². The van der Waals surface area contributed by atoms with Crippen molar-refractivity contribution in [1.29, 1.82) is 0 Å². The SMILES string of the molecule is Cc1nn(C)c(OCC(F)(F)F)c1CN1CCO[C@H]2CNC[C@H]21. The molecule has 2 saturated heterocycles. The zero-order valence-corrected chi connectivity index (χ0v) is 13.2. The monoisotopic (exact) mass is 334 g/mol. The number of morpholine rings is 1. The lowest BCUT2D eigenvalue weighted by Gasteiger charge is -2.36. The third kappa shape index (κ3) is 3.61. The number of fused-ring (bicyclic) bond motifs is 1. The Morgan fingerprint density at radius 1 is 1.39 bits per heavy atom. The number of nitrogens with one attached hydrogen (secondary N) is 1. The molecule has 0 aromatic carbocycles. The molecular formula is C14H21F3N4O2. The second-order valence-electron chi connectivity index (χ2n) is 6.00. The average Bonchev–Trinajstić information content (AvgIpc) is 3.02. The van der Waals surface area contributed by atoms with Gasteiger partial charge in [-0.1, -0.05) is 0 Å². The van der Waals surface area contributed by atoms with Crippen LogP contribution in [0.25, 0.3) is 0 Å². The van der Waals surface area contributed by atoms with Gasteiger partial charge in [0.05, 0.1) is 24.0 Å². The highest BCUT2D eigenvalue weighted by molar-refractivity contribution is 5.31. The summed E-state index contributed by atoms with van der Waals surface area (Å²) in [5.41, 5.74) is 1.41. The summed E-state index contributed by atoms with van der Waals surface area (Å²) in [6.45, 7) is 4.00. The molecule has 0 saturated carbocycles. The summed E-state index contributed by atoms with van der Waals surface area (Å²) in [6, 6.07) is 0.235. The highest BCUT2D eigenvalue weighted by atomic mass is 19.4. The van der Waals surface area contributed by atoms with Crippen molar-refractivity contribution in [2.45, 2.75) is 31.8 Å². The predicted octanol–water partition coefficient (Wildman–Crippen LogP) is 0.842. The first-order chi connectivity index (χ1) is 10.8. The molecule has 1 aromatic rings. The van der Waals surface area contributed by atoms with Crippen molar-refractivity contribution in [2.24, 2.45) is 7.05 Å². The molecule has 0 aliphatic carbocycles. The maximum Gasteiger partial charge on any atom is 0.422 e. The van der Waals surface area contributed by atoms with Crippen molar-refractivity contribution in [1.82, 2.24) is 20.0 Å². The van der Waals surface area contributed by atoms with Gasteiger partial charge < -0.3 is 14.8 Å². The number of rotatable bonds is 4. The van der Waals surface area contributed by atoms with E-state index in [1.165, 1.54) is 4.68 Å². The first kappa shape index (κ1) is 16.5. The van der Waals surface area contributed by atoms with E-state index in [0.717, 1.165) is 19.6 Å². The summed E-state index contributed by atoms with van der Waals surface area (Å²) in [5.74, 6) is 0.189. The average molecular weight is 334 g/mol. The van der Waals surface area contributed by atoms with Crippen molar-refractivity contribution in [3.63, 3.8) is 0 Å². The Bertz CT molecular complexity index is 561. The fourth-order valence-corrected chi connectivity index (χ4v) is 3.26. The van der Waals surface area contributed by atoms with Crippen LogP contribution in [0.1, 0.15) is 11.3 Å². The maximum atomic E-state index is 12.5. The van der Waals surface area contributed by atoms with Crippen molar-refractivity contribution in [2.75, 3.05) is 32.8 Å². The summed E-state index contributed by atoms with van der Waals surface area (Å²) >= 11 is 0. The van der Waals surface area contributed by atoms with Gasteiger partial charge in [-0.2, -0.15) is 18.3 Å². The largest absolute Gasteiger partial charge is 0.468 e. The molecule has 2 fully saturated rings. The van der Waals surface area contributed by atoms with Gasteiger partial charge in [0.2, 0.25) is 5.88 Å². The van der Waals surface area contributed by atoms with Gasteiger partial charge >= 0.3 is 6.18 Å². The van der Waals surface area contributed by atoms with Crippen molar-refractivity contribution >= 4 is 0 Å². The number of aromatic nitrogens is 2. The second kappa shape index (κ2) is 6.29. The van der Waals surface area contributed by atoms with E-state index >= 15 is 0 Å². The summed E-state index contributed by atoms with van der Waals surface area (Å²) < 4.78 is 49.5. The summed E-state index contributed by atoms with van der Waals surface area (Å²) in [6.07, 6.45) is -4.23. The summed E-state index contributed by atoms with van der Waals surface area (Å²) in [5, 5.41) is 7.51. The molecule has 0 unspecified atom stereocenters. The van der Waals surface area contributed by atoms with Crippen LogP contribution in [0.5, 0.6) is 5.88 Å². The fourth-order valence-electron chi connectivity index (χ4n) is 3.26. The molecule has 0 spiro atoms. The molecule has 3 heterocycles. The van der Waals surface area contributed by atoms with Gasteiger partial charge in [0.25, 0.3) is 0 Å². The van der Waals surface area contributed by atoms with Crippen LogP contribution in [0.4, 0.5) is 13.2 Å². The van der Waals surface area contributed by atoms with E-state index in [4.69, 9.17) is 9.47 Å². The summed E-state index contributed by atoms with van der Waals surface area (Å²) in [7, 11) is 1.60. The van der Waals surface area contributed by atoms with Crippen LogP contribution in [0.2, 0.25) is 0 Å². The van der Waals surface area contributed by atoms with Gasteiger partial charge in [-0.15, -0.1) is 0 Å². The van der Waals surface area contributed by atoms with Gasteiger partial charge in [0.15, 0.2) is 6.61 Å². The topological polar surface area (TPSA) is 51.5 Å². The lowest BCUT2D eigenvalue weighted by molar-refractivity contribution is -0.154. The molecule has 23 heavy (non-hydrogen) atoms. The Morgan fingerprint density at radius 3 is 2.91 bits per heavy atom. The van der Waals surface area contributed by atoms with Crippen LogP contribution in [0.15, 0.2) is 0 Å². The van der Waals surface area contributed by atoms with Gasteiger partial charge in [-0.3, -0.25) is 4.90 Å². The molecule has 0 bridgehead atoms. The Morgan fingerprint density at radius 2 is 2.17 bits per heavy atom. The predicted molar refractivity (Wildman–Crippen MR) is 76.3 cm³/mol. The number of ether oxygens (including phenoxy) is 2. The molecule has 9 heteroatoms. The van der Waals surface area contributed by atoms with E-state index in [1.54, 1.807) is 14.0 Å². The molecule has 2 aliphatic rings. The molecule has 0 amide bonds. The standard InChI is InChI=1S/C14H21F3N4O2/c1-9-10(13(20(2)19-9)23-8-14(15,16)17)7-21-3-4-22-12-6-18-5-11(12)21/h11-12,18H,3-8H2,1-2H3/t11-,12+/m1/s1. The van der Waals surface area contributed by atoms with Gasteiger partial charge in [0, 0.05) is 39.3 Å².